The van der Waals surface area contributed by atoms with E-state index in [4.69, 9.17) is 9.47 Å². The van der Waals surface area contributed by atoms with Gasteiger partial charge in [-0.3, -0.25) is 4.79 Å². The fraction of sp³-hybridized carbons (Fsp3) is 0.263. The Morgan fingerprint density at radius 2 is 1.77 bits per heavy atom. The minimum Gasteiger partial charge on any atom is -0.497 e. The standard InChI is InChI=1S/C19H21N3O4/c1-19(2)11-26-16-9-6-13(10-15(16)22-17(19)23)21-18(24)20-12-4-7-14(25-3)8-5-12/h4-10H,11H2,1-3H3,(H,22,23)(H2,20,21,24). The summed E-state index contributed by atoms with van der Waals surface area (Å²) >= 11 is 0. The number of carbonyl (C=O) groups excluding carboxylic acids is 2. The zero-order valence-corrected chi connectivity index (χ0v) is 14.9. The molecule has 7 nitrogen and oxygen atoms in total. The van der Waals surface area contributed by atoms with Crippen LogP contribution in [0.1, 0.15) is 13.8 Å². The summed E-state index contributed by atoms with van der Waals surface area (Å²) in [5.41, 5.74) is 1.08. The van der Waals surface area contributed by atoms with Gasteiger partial charge in [-0.05, 0) is 56.3 Å². The fourth-order valence-corrected chi connectivity index (χ4v) is 2.41. The molecule has 0 spiro atoms. The molecule has 136 valence electrons. The number of carbonyl (C=O) groups is 2. The highest BCUT2D eigenvalue weighted by Crippen LogP contribution is 2.34. The van der Waals surface area contributed by atoms with E-state index in [9.17, 15) is 9.59 Å². The molecule has 0 aliphatic carbocycles. The molecule has 7 heteroatoms. The van der Waals surface area contributed by atoms with Crippen LogP contribution in [0.4, 0.5) is 21.9 Å². The maximum atomic E-state index is 12.2. The Morgan fingerprint density at radius 1 is 1.12 bits per heavy atom. The van der Waals surface area contributed by atoms with Crippen LogP contribution in [0.2, 0.25) is 0 Å². The van der Waals surface area contributed by atoms with E-state index in [0.717, 1.165) is 0 Å². The number of hydrogen-bond acceptors (Lipinski definition) is 4. The summed E-state index contributed by atoms with van der Waals surface area (Å²) in [5.74, 6) is 1.15. The summed E-state index contributed by atoms with van der Waals surface area (Å²) in [4.78, 5) is 24.4. The molecule has 0 aromatic heterocycles. The Labute approximate surface area is 151 Å². The van der Waals surface area contributed by atoms with E-state index in [0.29, 0.717) is 28.6 Å². The normalized spacial score (nSPS) is 15.0. The van der Waals surface area contributed by atoms with Crippen molar-refractivity contribution in [3.8, 4) is 11.5 Å². The van der Waals surface area contributed by atoms with E-state index < -0.39 is 11.4 Å². The summed E-state index contributed by atoms with van der Waals surface area (Å²) in [7, 11) is 1.58. The van der Waals surface area contributed by atoms with Crippen molar-refractivity contribution in [2.24, 2.45) is 5.41 Å². The Kier molecular flexibility index (Phi) is 4.71. The monoisotopic (exact) mass is 355 g/mol. The third-order valence-electron chi connectivity index (χ3n) is 4.04. The number of urea groups is 1. The number of methoxy groups -OCH3 is 1. The van der Waals surface area contributed by atoms with Crippen LogP contribution in [-0.2, 0) is 4.79 Å². The molecule has 0 fully saturated rings. The highest BCUT2D eigenvalue weighted by Gasteiger charge is 2.32. The van der Waals surface area contributed by atoms with Gasteiger partial charge in [-0.25, -0.2) is 4.79 Å². The van der Waals surface area contributed by atoms with Crippen LogP contribution in [0, 0.1) is 5.41 Å². The Balaban J connectivity index is 1.69. The Bertz CT molecular complexity index is 831. The molecular formula is C19H21N3O4. The lowest BCUT2D eigenvalue weighted by molar-refractivity contribution is -0.124. The van der Waals surface area contributed by atoms with Crippen LogP contribution in [0.5, 0.6) is 11.5 Å². The van der Waals surface area contributed by atoms with Crippen molar-refractivity contribution in [3.63, 3.8) is 0 Å². The van der Waals surface area contributed by atoms with Gasteiger partial charge >= 0.3 is 6.03 Å². The minimum atomic E-state index is -0.627. The van der Waals surface area contributed by atoms with Crippen LogP contribution in [0.15, 0.2) is 42.5 Å². The zero-order valence-electron chi connectivity index (χ0n) is 14.9. The molecule has 0 unspecified atom stereocenters. The van der Waals surface area contributed by atoms with Gasteiger partial charge in [-0.15, -0.1) is 0 Å². The quantitative estimate of drug-likeness (QED) is 0.783. The lowest BCUT2D eigenvalue weighted by atomic mass is 9.94. The van der Waals surface area contributed by atoms with E-state index in [1.807, 2.05) is 13.8 Å². The predicted octanol–water partition coefficient (Wildman–Crippen LogP) is 3.70. The molecule has 1 aliphatic heterocycles. The van der Waals surface area contributed by atoms with E-state index in [-0.39, 0.29) is 12.5 Å². The van der Waals surface area contributed by atoms with E-state index in [2.05, 4.69) is 16.0 Å². The smallest absolute Gasteiger partial charge is 0.323 e. The average Bonchev–Trinajstić information content (AvgIpc) is 2.72. The molecule has 0 atom stereocenters. The summed E-state index contributed by atoms with van der Waals surface area (Å²) in [5, 5.41) is 8.31. The van der Waals surface area contributed by atoms with Gasteiger partial charge in [-0.1, -0.05) is 0 Å². The molecule has 1 aliphatic rings. The first-order valence-electron chi connectivity index (χ1n) is 8.18. The molecule has 2 aromatic carbocycles. The van der Waals surface area contributed by atoms with Crippen molar-refractivity contribution in [2.75, 3.05) is 29.7 Å². The molecule has 3 amide bonds. The number of amides is 3. The van der Waals surface area contributed by atoms with Gasteiger partial charge in [0.15, 0.2) is 0 Å². The van der Waals surface area contributed by atoms with Crippen molar-refractivity contribution in [3.05, 3.63) is 42.5 Å². The van der Waals surface area contributed by atoms with Gasteiger partial charge < -0.3 is 25.4 Å². The van der Waals surface area contributed by atoms with Crippen LogP contribution in [-0.4, -0.2) is 25.7 Å². The number of anilines is 3. The van der Waals surface area contributed by atoms with Gasteiger partial charge in [0.25, 0.3) is 0 Å². The molecule has 3 N–H and O–H groups in total. The van der Waals surface area contributed by atoms with Gasteiger partial charge in [0.05, 0.1) is 18.2 Å². The summed E-state index contributed by atoms with van der Waals surface area (Å²) in [6.07, 6.45) is 0. The molecule has 3 rings (SSSR count). The van der Waals surface area contributed by atoms with E-state index in [1.54, 1.807) is 49.6 Å². The van der Waals surface area contributed by atoms with Crippen molar-refractivity contribution >= 4 is 29.0 Å². The third-order valence-corrected chi connectivity index (χ3v) is 4.04. The second-order valence-corrected chi connectivity index (χ2v) is 6.65. The van der Waals surface area contributed by atoms with Crippen LogP contribution in [0.3, 0.4) is 0 Å². The topological polar surface area (TPSA) is 88.7 Å². The Hall–Kier alpha value is -3.22. The van der Waals surface area contributed by atoms with Crippen molar-refractivity contribution in [2.45, 2.75) is 13.8 Å². The molecule has 2 aromatic rings. The number of ether oxygens (including phenoxy) is 2. The molecule has 1 heterocycles. The maximum absolute atomic E-state index is 12.2. The number of hydrogen-bond donors (Lipinski definition) is 3. The predicted molar refractivity (Wildman–Crippen MR) is 100.0 cm³/mol. The molecule has 0 radical (unpaired) electrons. The first-order valence-corrected chi connectivity index (χ1v) is 8.18. The van der Waals surface area contributed by atoms with Gasteiger partial charge in [0.2, 0.25) is 5.91 Å². The van der Waals surface area contributed by atoms with Crippen LogP contribution >= 0.6 is 0 Å². The zero-order chi connectivity index (χ0) is 18.7. The van der Waals surface area contributed by atoms with E-state index in [1.165, 1.54) is 0 Å². The molecule has 26 heavy (non-hydrogen) atoms. The van der Waals surface area contributed by atoms with Crippen LogP contribution in [0.25, 0.3) is 0 Å². The third kappa shape index (κ3) is 3.88. The first kappa shape index (κ1) is 17.6. The number of nitrogens with one attached hydrogen (secondary N) is 3. The highest BCUT2D eigenvalue weighted by atomic mass is 16.5. The molecule has 0 saturated carbocycles. The second kappa shape index (κ2) is 6.95. The van der Waals surface area contributed by atoms with Crippen molar-refractivity contribution in [1.82, 2.24) is 0 Å². The fourth-order valence-electron chi connectivity index (χ4n) is 2.41. The van der Waals surface area contributed by atoms with E-state index >= 15 is 0 Å². The number of rotatable bonds is 3. The average molecular weight is 355 g/mol. The lowest BCUT2D eigenvalue weighted by Gasteiger charge is -2.18. The molecule has 0 bridgehead atoms. The number of benzene rings is 2. The lowest BCUT2D eigenvalue weighted by Crippen LogP contribution is -2.33. The largest absolute Gasteiger partial charge is 0.497 e. The van der Waals surface area contributed by atoms with Crippen LogP contribution < -0.4 is 25.4 Å². The highest BCUT2D eigenvalue weighted by molar-refractivity contribution is 6.01. The van der Waals surface area contributed by atoms with Gasteiger partial charge in [-0.2, -0.15) is 0 Å². The summed E-state index contributed by atoms with van der Waals surface area (Å²) in [6.45, 7) is 3.92. The maximum Gasteiger partial charge on any atom is 0.323 e. The molecule has 0 saturated heterocycles. The van der Waals surface area contributed by atoms with Crippen molar-refractivity contribution in [1.29, 1.82) is 0 Å². The summed E-state index contributed by atoms with van der Waals surface area (Å²) in [6, 6.07) is 11.7. The second-order valence-electron chi connectivity index (χ2n) is 6.65. The van der Waals surface area contributed by atoms with Gasteiger partial charge in [0, 0.05) is 11.4 Å². The minimum absolute atomic E-state index is 0.129. The SMILES string of the molecule is COc1ccc(NC(=O)Nc2ccc3c(c2)NC(=O)C(C)(C)CO3)cc1. The number of fused-ring (bicyclic) bond motifs is 1. The first-order chi connectivity index (χ1) is 12.4. The molecular weight excluding hydrogens is 334 g/mol. The Morgan fingerprint density at radius 3 is 2.46 bits per heavy atom. The summed E-state index contributed by atoms with van der Waals surface area (Å²) < 4.78 is 10.8. The van der Waals surface area contributed by atoms with Crippen molar-refractivity contribution < 1.29 is 19.1 Å². The van der Waals surface area contributed by atoms with Gasteiger partial charge in [0.1, 0.15) is 18.1 Å².